The lowest BCUT2D eigenvalue weighted by molar-refractivity contribution is 0.244. The molecule has 0 spiro atoms. The Bertz CT molecular complexity index is 1140. The van der Waals surface area contributed by atoms with Crippen LogP contribution in [0.2, 0.25) is 0 Å². The third kappa shape index (κ3) is 5.43. The molecule has 0 aliphatic rings. The molecule has 2 heterocycles. The Morgan fingerprint density at radius 3 is 1.93 bits per heavy atom. The van der Waals surface area contributed by atoms with Gasteiger partial charge in [0, 0.05) is 12.3 Å². The Balaban J connectivity index is 1.55. The number of ether oxygens (including phenoxy) is 2. The highest BCUT2D eigenvalue weighted by Gasteiger charge is 2.10. The van der Waals surface area contributed by atoms with Gasteiger partial charge in [0.25, 0.3) is 5.88 Å². The highest BCUT2D eigenvalue weighted by molar-refractivity contribution is 5.42. The highest BCUT2D eigenvalue weighted by atomic mass is 16.5. The molecule has 2 aromatic heterocycles. The minimum atomic E-state index is 0.332. The van der Waals surface area contributed by atoms with Gasteiger partial charge < -0.3 is 9.47 Å². The molecule has 5 nitrogen and oxygen atoms in total. The number of benzene rings is 2. The van der Waals surface area contributed by atoms with Crippen molar-refractivity contribution in [3.05, 3.63) is 114 Å². The summed E-state index contributed by atoms with van der Waals surface area (Å²) in [6.45, 7) is 0.761. The van der Waals surface area contributed by atoms with Crippen molar-refractivity contribution in [2.24, 2.45) is 0 Å². The van der Waals surface area contributed by atoms with Gasteiger partial charge in [0.2, 0.25) is 0 Å². The third-order valence-corrected chi connectivity index (χ3v) is 4.17. The van der Waals surface area contributed by atoms with Crippen molar-refractivity contribution in [2.45, 2.75) is 13.2 Å². The molecular formula is C25H19N3O2. The Labute approximate surface area is 175 Å². The van der Waals surface area contributed by atoms with E-state index >= 15 is 0 Å². The molecule has 0 amide bonds. The predicted molar refractivity (Wildman–Crippen MR) is 114 cm³/mol. The lowest BCUT2D eigenvalue weighted by Gasteiger charge is -2.11. The SMILES string of the molecule is C(#Cc1cc(OCc2ccccc2)c(OCc2ccccc2)nn1)c1ccccn1. The molecule has 0 aliphatic heterocycles. The first-order valence-electron chi connectivity index (χ1n) is 9.51. The molecule has 5 heteroatoms. The van der Waals surface area contributed by atoms with Crippen molar-refractivity contribution < 1.29 is 9.47 Å². The van der Waals surface area contributed by atoms with E-state index in [4.69, 9.17) is 9.47 Å². The molecule has 0 aliphatic carbocycles. The molecule has 4 rings (SSSR count). The summed E-state index contributed by atoms with van der Waals surface area (Å²) in [6.07, 6.45) is 1.70. The van der Waals surface area contributed by atoms with Gasteiger partial charge in [0.15, 0.2) is 5.75 Å². The van der Waals surface area contributed by atoms with E-state index in [1.807, 2.05) is 78.9 Å². The molecule has 2 aromatic carbocycles. The van der Waals surface area contributed by atoms with E-state index in [0.29, 0.717) is 36.2 Å². The fourth-order valence-electron chi connectivity index (χ4n) is 2.65. The monoisotopic (exact) mass is 393 g/mol. The van der Waals surface area contributed by atoms with Gasteiger partial charge in [-0.1, -0.05) is 66.7 Å². The average molecular weight is 393 g/mol. The Morgan fingerprint density at radius 1 is 0.633 bits per heavy atom. The molecule has 0 fully saturated rings. The van der Waals surface area contributed by atoms with Crippen molar-refractivity contribution in [1.29, 1.82) is 0 Å². The van der Waals surface area contributed by atoms with Gasteiger partial charge >= 0.3 is 0 Å². The molecular weight excluding hydrogens is 374 g/mol. The molecule has 30 heavy (non-hydrogen) atoms. The molecule has 4 aromatic rings. The van der Waals surface area contributed by atoms with Crippen LogP contribution in [0.3, 0.4) is 0 Å². The molecule has 0 bridgehead atoms. The van der Waals surface area contributed by atoms with Crippen LogP contribution in [0, 0.1) is 11.8 Å². The van der Waals surface area contributed by atoms with Crippen LogP contribution >= 0.6 is 0 Å². The summed E-state index contributed by atoms with van der Waals surface area (Å²) in [5.74, 6) is 6.79. The van der Waals surface area contributed by atoms with Crippen LogP contribution < -0.4 is 9.47 Å². The normalized spacial score (nSPS) is 10.0. The van der Waals surface area contributed by atoms with Crippen LogP contribution in [0.4, 0.5) is 0 Å². The second-order valence-electron chi connectivity index (χ2n) is 6.41. The van der Waals surface area contributed by atoms with E-state index in [0.717, 1.165) is 11.1 Å². The zero-order chi connectivity index (χ0) is 20.4. The summed E-state index contributed by atoms with van der Waals surface area (Å²) in [5, 5.41) is 8.36. The maximum Gasteiger partial charge on any atom is 0.276 e. The molecule has 0 radical (unpaired) electrons. The van der Waals surface area contributed by atoms with Crippen molar-refractivity contribution >= 4 is 0 Å². The van der Waals surface area contributed by atoms with Crippen molar-refractivity contribution in [1.82, 2.24) is 15.2 Å². The zero-order valence-electron chi connectivity index (χ0n) is 16.2. The number of aromatic nitrogens is 3. The summed E-state index contributed by atoms with van der Waals surface area (Å²) >= 11 is 0. The zero-order valence-corrected chi connectivity index (χ0v) is 16.2. The summed E-state index contributed by atoms with van der Waals surface area (Å²) in [5.41, 5.74) is 3.23. The molecule has 0 saturated carbocycles. The fourth-order valence-corrected chi connectivity index (χ4v) is 2.65. The standard InChI is InChI=1S/C25H19N3O2/c1-3-9-20(10-4-1)18-29-24-17-23(15-14-22-13-7-8-16-26-22)27-28-25(24)30-19-21-11-5-2-6-12-21/h1-13,16-17H,18-19H2. The van der Waals surface area contributed by atoms with E-state index in [1.54, 1.807) is 12.3 Å². The van der Waals surface area contributed by atoms with Gasteiger partial charge in [-0.3, -0.25) is 0 Å². The second kappa shape index (κ2) is 9.85. The van der Waals surface area contributed by atoms with E-state index < -0.39 is 0 Å². The van der Waals surface area contributed by atoms with Gasteiger partial charge in [-0.05, 0) is 35.1 Å². The first-order valence-corrected chi connectivity index (χ1v) is 9.51. The lowest BCUT2D eigenvalue weighted by Crippen LogP contribution is -2.04. The van der Waals surface area contributed by atoms with E-state index in [2.05, 4.69) is 27.0 Å². The molecule has 0 N–H and O–H groups in total. The first kappa shape index (κ1) is 19.2. The summed E-state index contributed by atoms with van der Waals surface area (Å²) < 4.78 is 11.9. The third-order valence-electron chi connectivity index (χ3n) is 4.17. The van der Waals surface area contributed by atoms with E-state index in [1.165, 1.54) is 0 Å². The first-order chi connectivity index (χ1) is 14.9. The van der Waals surface area contributed by atoms with Crippen LogP contribution in [0.5, 0.6) is 11.6 Å². The van der Waals surface area contributed by atoms with E-state index in [-0.39, 0.29) is 0 Å². The maximum atomic E-state index is 5.99. The fraction of sp³-hybridized carbons (Fsp3) is 0.0800. The van der Waals surface area contributed by atoms with Crippen molar-refractivity contribution in [2.75, 3.05) is 0 Å². The van der Waals surface area contributed by atoms with Crippen molar-refractivity contribution in [3.63, 3.8) is 0 Å². The Kier molecular flexibility index (Phi) is 6.29. The van der Waals surface area contributed by atoms with Crippen molar-refractivity contribution in [3.8, 4) is 23.5 Å². The number of nitrogens with zero attached hydrogens (tertiary/aromatic N) is 3. The van der Waals surface area contributed by atoms with Crippen LogP contribution in [0.25, 0.3) is 0 Å². The smallest absolute Gasteiger partial charge is 0.276 e. The topological polar surface area (TPSA) is 57.1 Å². The molecule has 146 valence electrons. The number of hydrogen-bond acceptors (Lipinski definition) is 5. The number of hydrogen-bond donors (Lipinski definition) is 0. The van der Waals surface area contributed by atoms with Gasteiger partial charge in [-0.15, -0.1) is 10.2 Å². The minimum Gasteiger partial charge on any atom is -0.483 e. The van der Waals surface area contributed by atoms with Crippen LogP contribution in [0.15, 0.2) is 91.1 Å². The molecule has 0 saturated heterocycles. The van der Waals surface area contributed by atoms with E-state index in [9.17, 15) is 0 Å². The van der Waals surface area contributed by atoms with Gasteiger partial charge in [-0.2, -0.15) is 0 Å². The summed E-state index contributed by atoms with van der Waals surface area (Å²) in [6, 6.07) is 27.1. The van der Waals surface area contributed by atoms with Gasteiger partial charge in [0.1, 0.15) is 24.6 Å². The van der Waals surface area contributed by atoms with Crippen LogP contribution in [-0.2, 0) is 13.2 Å². The Hall–Kier alpha value is -4.17. The second-order valence-corrected chi connectivity index (χ2v) is 6.41. The highest BCUT2D eigenvalue weighted by Crippen LogP contribution is 2.26. The quantitative estimate of drug-likeness (QED) is 0.454. The lowest BCUT2D eigenvalue weighted by atomic mass is 10.2. The number of rotatable bonds is 6. The van der Waals surface area contributed by atoms with Crippen LogP contribution in [0.1, 0.15) is 22.5 Å². The predicted octanol–water partition coefficient (Wildman–Crippen LogP) is 4.43. The Morgan fingerprint density at radius 2 is 1.27 bits per heavy atom. The minimum absolute atomic E-state index is 0.332. The van der Waals surface area contributed by atoms with Crippen LogP contribution in [-0.4, -0.2) is 15.2 Å². The molecule has 0 atom stereocenters. The summed E-state index contributed by atoms with van der Waals surface area (Å²) in [7, 11) is 0. The average Bonchev–Trinajstić information content (AvgIpc) is 2.82. The summed E-state index contributed by atoms with van der Waals surface area (Å²) in [4.78, 5) is 4.20. The van der Waals surface area contributed by atoms with Gasteiger partial charge in [0.05, 0.1) is 0 Å². The van der Waals surface area contributed by atoms with Gasteiger partial charge in [-0.25, -0.2) is 4.98 Å². The maximum absolute atomic E-state index is 5.99. The number of pyridine rings is 1. The largest absolute Gasteiger partial charge is 0.483 e. The molecule has 0 unspecified atom stereocenters.